The maximum atomic E-state index is 10.2. The lowest BCUT2D eigenvalue weighted by Crippen LogP contribution is -2.33. The third-order valence-electron chi connectivity index (χ3n) is 4.16. The highest BCUT2D eigenvalue weighted by Gasteiger charge is 2.44. The lowest BCUT2D eigenvalue weighted by molar-refractivity contribution is -0.0511. The Morgan fingerprint density at radius 3 is 2.69 bits per heavy atom. The predicted molar refractivity (Wildman–Crippen MR) is 96.6 cm³/mol. The van der Waals surface area contributed by atoms with Gasteiger partial charge in [-0.2, -0.15) is 0 Å². The first-order chi connectivity index (χ1) is 12.6. The van der Waals surface area contributed by atoms with Gasteiger partial charge in [-0.05, 0) is 28.1 Å². The summed E-state index contributed by atoms with van der Waals surface area (Å²) in [6.07, 6.45) is -1.21. The minimum atomic E-state index is -1.20. The first-order valence-corrected chi connectivity index (χ1v) is 9.43. The number of benzene rings is 1. The van der Waals surface area contributed by atoms with Crippen LogP contribution in [-0.2, 0) is 4.74 Å². The molecule has 0 spiro atoms. The maximum absolute atomic E-state index is 10.2. The van der Waals surface area contributed by atoms with Gasteiger partial charge in [-0.3, -0.25) is 4.57 Å². The van der Waals surface area contributed by atoms with E-state index in [4.69, 9.17) is 4.74 Å². The van der Waals surface area contributed by atoms with Crippen molar-refractivity contribution in [3.8, 4) is 0 Å². The molecule has 1 unspecified atom stereocenters. The Hall–Kier alpha value is -1.56. The van der Waals surface area contributed by atoms with E-state index in [1.54, 1.807) is 4.57 Å². The number of nitrogens with zero attached hydrogens (tertiary/aromatic N) is 4. The normalized spacial score (nSPS) is 25.8. The van der Waals surface area contributed by atoms with E-state index in [1.165, 1.54) is 24.4 Å². The molecule has 136 valence electrons. The van der Waals surface area contributed by atoms with E-state index < -0.39 is 24.5 Å². The second-order valence-electron chi connectivity index (χ2n) is 5.76. The van der Waals surface area contributed by atoms with Crippen LogP contribution < -0.4 is 0 Å². The topological polar surface area (TPSA) is 114 Å². The number of rotatable bonds is 4. The Morgan fingerprint density at radius 2 is 1.96 bits per heavy atom. The molecule has 1 aliphatic rings. The number of fused-ring (bicyclic) bond motifs is 1. The van der Waals surface area contributed by atoms with E-state index >= 15 is 0 Å². The van der Waals surface area contributed by atoms with Crippen LogP contribution in [0.4, 0.5) is 0 Å². The number of aliphatic hydroxyl groups is 3. The van der Waals surface area contributed by atoms with Crippen LogP contribution in [0.15, 0.2) is 51.3 Å². The predicted octanol–water partition coefficient (Wildman–Crippen LogP) is 1.35. The Morgan fingerprint density at radius 1 is 1.15 bits per heavy atom. The molecule has 26 heavy (non-hydrogen) atoms. The lowest BCUT2D eigenvalue weighted by atomic mass is 10.1. The number of hydrogen-bond acceptors (Lipinski definition) is 8. The highest BCUT2D eigenvalue weighted by Crippen LogP contribution is 2.36. The highest BCUT2D eigenvalue weighted by atomic mass is 79.9. The molecule has 1 saturated heterocycles. The molecule has 0 saturated carbocycles. The van der Waals surface area contributed by atoms with E-state index in [0.29, 0.717) is 16.2 Å². The fourth-order valence-electron chi connectivity index (χ4n) is 2.83. The third kappa shape index (κ3) is 3.02. The largest absolute Gasteiger partial charge is 0.394 e. The van der Waals surface area contributed by atoms with Crippen LogP contribution in [0, 0.1) is 0 Å². The van der Waals surface area contributed by atoms with Gasteiger partial charge in [0, 0.05) is 9.37 Å². The summed E-state index contributed by atoms with van der Waals surface area (Å²) < 4.78 is 8.05. The van der Waals surface area contributed by atoms with Crippen LogP contribution in [-0.4, -0.2) is 59.8 Å². The monoisotopic (exact) mass is 438 g/mol. The van der Waals surface area contributed by atoms with Crippen LogP contribution in [0.1, 0.15) is 6.23 Å². The minimum Gasteiger partial charge on any atom is -0.394 e. The summed E-state index contributed by atoms with van der Waals surface area (Å²) >= 11 is 4.95. The molecule has 0 radical (unpaired) electrons. The van der Waals surface area contributed by atoms with Gasteiger partial charge in [0.05, 0.1) is 12.9 Å². The lowest BCUT2D eigenvalue weighted by Gasteiger charge is -2.16. The van der Waals surface area contributed by atoms with Crippen molar-refractivity contribution in [2.45, 2.75) is 34.5 Å². The van der Waals surface area contributed by atoms with Crippen molar-refractivity contribution in [1.82, 2.24) is 19.5 Å². The fourth-order valence-corrected chi connectivity index (χ4v) is 4.22. The highest BCUT2D eigenvalue weighted by molar-refractivity contribution is 9.10. The second kappa shape index (κ2) is 7.22. The van der Waals surface area contributed by atoms with Gasteiger partial charge in [0.25, 0.3) is 0 Å². The molecule has 1 aliphatic heterocycles. The van der Waals surface area contributed by atoms with Crippen LogP contribution in [0.5, 0.6) is 0 Å². The van der Waals surface area contributed by atoms with Gasteiger partial charge in [0.1, 0.15) is 35.2 Å². The second-order valence-corrected chi connectivity index (χ2v) is 7.65. The Bertz CT molecular complexity index is 940. The molecular formula is C16H15BrN4O4S. The maximum Gasteiger partial charge on any atom is 0.166 e. The smallest absolute Gasteiger partial charge is 0.166 e. The molecule has 0 bridgehead atoms. The van der Waals surface area contributed by atoms with Crippen molar-refractivity contribution < 1.29 is 20.1 Å². The Labute approximate surface area is 161 Å². The zero-order chi connectivity index (χ0) is 18.3. The summed E-state index contributed by atoms with van der Waals surface area (Å²) in [6.45, 7) is -0.389. The van der Waals surface area contributed by atoms with Crippen LogP contribution in [0.2, 0.25) is 0 Å². The summed E-state index contributed by atoms with van der Waals surface area (Å²) in [5.74, 6) is 0. The van der Waals surface area contributed by atoms with Crippen molar-refractivity contribution in [2.24, 2.45) is 0 Å². The van der Waals surface area contributed by atoms with Crippen molar-refractivity contribution in [3.05, 3.63) is 41.4 Å². The molecule has 0 amide bonds. The molecule has 2 aromatic heterocycles. The molecule has 3 aromatic rings. The summed E-state index contributed by atoms with van der Waals surface area (Å²) in [5, 5.41) is 30.1. The molecule has 1 fully saturated rings. The van der Waals surface area contributed by atoms with E-state index in [9.17, 15) is 15.3 Å². The van der Waals surface area contributed by atoms with E-state index in [-0.39, 0.29) is 6.61 Å². The average molecular weight is 439 g/mol. The molecule has 8 nitrogen and oxygen atoms in total. The molecule has 10 heteroatoms. The first-order valence-electron chi connectivity index (χ1n) is 7.82. The molecule has 0 aliphatic carbocycles. The van der Waals surface area contributed by atoms with Crippen molar-refractivity contribution in [3.63, 3.8) is 0 Å². The quantitative estimate of drug-likeness (QED) is 0.523. The summed E-state index contributed by atoms with van der Waals surface area (Å²) in [7, 11) is 0. The van der Waals surface area contributed by atoms with Crippen LogP contribution >= 0.6 is 27.7 Å². The number of ether oxygens (including phenoxy) is 1. The van der Waals surface area contributed by atoms with Crippen molar-refractivity contribution >= 4 is 38.9 Å². The Balaban J connectivity index is 1.71. The van der Waals surface area contributed by atoms with Gasteiger partial charge in [-0.1, -0.05) is 23.9 Å². The number of aromatic nitrogens is 4. The van der Waals surface area contributed by atoms with Crippen molar-refractivity contribution in [2.75, 3.05) is 6.61 Å². The number of halogens is 1. The number of imidazole rings is 1. The Kier molecular flexibility index (Phi) is 4.95. The van der Waals surface area contributed by atoms with Gasteiger partial charge < -0.3 is 20.1 Å². The number of aliphatic hydroxyl groups excluding tert-OH is 3. The third-order valence-corrected chi connectivity index (χ3v) is 6.18. The molecule has 3 heterocycles. The van der Waals surface area contributed by atoms with Gasteiger partial charge in [0.15, 0.2) is 11.9 Å². The molecular weight excluding hydrogens is 424 g/mol. The SMILES string of the molecule is OC[C@H]1OC(n2cnc3c(Sc4ccccc4Br)ncnc32)[C@H](O)[C@@H]1O. The molecule has 1 aromatic carbocycles. The minimum absolute atomic E-state index is 0.389. The summed E-state index contributed by atoms with van der Waals surface area (Å²) in [6, 6.07) is 7.77. The molecule has 3 N–H and O–H groups in total. The van der Waals surface area contributed by atoms with Crippen LogP contribution in [0.25, 0.3) is 11.2 Å². The summed E-state index contributed by atoms with van der Waals surface area (Å²) in [4.78, 5) is 13.9. The van der Waals surface area contributed by atoms with Gasteiger partial charge in [-0.15, -0.1) is 0 Å². The van der Waals surface area contributed by atoms with Gasteiger partial charge in [-0.25, -0.2) is 15.0 Å². The standard InChI is InChI=1S/C16H15BrN4O4S/c17-8-3-1-2-4-10(8)26-15-11-14(18-6-19-15)21(7-20-11)16-13(24)12(23)9(5-22)25-16/h1-4,6-7,9,12-13,16,22-24H,5H2/t9-,12-,13-,16?/m1/s1. The number of hydrogen-bond donors (Lipinski definition) is 3. The van der Waals surface area contributed by atoms with Gasteiger partial charge >= 0.3 is 0 Å². The van der Waals surface area contributed by atoms with Crippen molar-refractivity contribution in [1.29, 1.82) is 0 Å². The summed E-state index contributed by atoms with van der Waals surface area (Å²) in [5.41, 5.74) is 1.04. The average Bonchev–Trinajstić information content (AvgIpc) is 3.19. The van der Waals surface area contributed by atoms with E-state index in [2.05, 4.69) is 30.9 Å². The van der Waals surface area contributed by atoms with E-state index in [1.807, 2.05) is 24.3 Å². The van der Waals surface area contributed by atoms with Gasteiger partial charge in [0.2, 0.25) is 0 Å². The zero-order valence-corrected chi connectivity index (χ0v) is 15.7. The van der Waals surface area contributed by atoms with Crippen LogP contribution in [0.3, 0.4) is 0 Å². The molecule has 4 atom stereocenters. The first kappa shape index (κ1) is 17.8. The zero-order valence-electron chi connectivity index (χ0n) is 13.3. The molecule has 4 rings (SSSR count). The fraction of sp³-hybridized carbons (Fsp3) is 0.312. The van der Waals surface area contributed by atoms with E-state index in [0.717, 1.165) is 9.37 Å².